The molecular weight excluding hydrogens is 234 g/mol. The number of aromatic nitrogens is 2. The van der Waals surface area contributed by atoms with Crippen molar-refractivity contribution in [2.75, 3.05) is 0 Å². The fraction of sp³-hybridized carbons (Fsp3) is 0.125. The van der Waals surface area contributed by atoms with Crippen LogP contribution in [0.4, 0.5) is 0 Å². The van der Waals surface area contributed by atoms with Gasteiger partial charge in [0.15, 0.2) is 0 Å². The van der Waals surface area contributed by atoms with Crippen LogP contribution in [0.2, 0.25) is 0 Å². The molecule has 1 heterocycles. The van der Waals surface area contributed by atoms with Crippen LogP contribution in [0.5, 0.6) is 0 Å². The third kappa shape index (κ3) is 1.98. The summed E-state index contributed by atoms with van der Waals surface area (Å²) in [6, 6.07) is 10.3. The van der Waals surface area contributed by atoms with Gasteiger partial charge in [0.25, 0.3) is 0 Å². The number of allylic oxidation sites excluding steroid dienone is 6. The van der Waals surface area contributed by atoms with Crippen molar-refractivity contribution in [3.05, 3.63) is 60.0 Å². The van der Waals surface area contributed by atoms with Gasteiger partial charge in [-0.3, -0.25) is 0 Å². The number of benzene rings is 1. The zero-order valence-corrected chi connectivity index (χ0v) is 10.7. The number of nitriles is 1. The first-order valence-electron chi connectivity index (χ1n) is 6.19. The molecule has 1 aromatic heterocycles. The summed E-state index contributed by atoms with van der Waals surface area (Å²) in [4.78, 5) is 4.68. The predicted molar refractivity (Wildman–Crippen MR) is 76.1 cm³/mol. The summed E-state index contributed by atoms with van der Waals surface area (Å²) in [7, 11) is 2.02. The number of rotatable bonds is 1. The third-order valence-corrected chi connectivity index (χ3v) is 3.32. The molecule has 0 spiro atoms. The topological polar surface area (TPSA) is 41.6 Å². The van der Waals surface area contributed by atoms with Crippen molar-refractivity contribution in [3.8, 4) is 6.07 Å². The lowest BCUT2D eigenvalue weighted by Crippen LogP contribution is -1.96. The van der Waals surface area contributed by atoms with E-state index in [1.165, 1.54) is 0 Å². The van der Waals surface area contributed by atoms with E-state index in [9.17, 15) is 0 Å². The van der Waals surface area contributed by atoms with Gasteiger partial charge < -0.3 is 4.57 Å². The largest absolute Gasteiger partial charge is 0.327 e. The third-order valence-electron chi connectivity index (χ3n) is 3.32. The Labute approximate surface area is 111 Å². The lowest BCUT2D eigenvalue weighted by Gasteiger charge is -2.04. The highest BCUT2D eigenvalue weighted by atomic mass is 15.1. The summed E-state index contributed by atoms with van der Waals surface area (Å²) in [6.45, 7) is 0. The van der Waals surface area contributed by atoms with Crippen LogP contribution in [-0.2, 0) is 7.05 Å². The Morgan fingerprint density at radius 2 is 2.16 bits per heavy atom. The van der Waals surface area contributed by atoms with Crippen LogP contribution < -0.4 is 0 Å². The molecule has 1 aliphatic carbocycles. The highest BCUT2D eigenvalue weighted by molar-refractivity contribution is 5.80. The molecular formula is C16H13N3. The summed E-state index contributed by atoms with van der Waals surface area (Å²) in [5.74, 6) is 0.960. The van der Waals surface area contributed by atoms with E-state index in [1.54, 1.807) is 0 Å². The molecule has 3 heteroatoms. The number of nitrogens with zero attached hydrogens (tertiary/aromatic N) is 3. The molecule has 0 saturated carbocycles. The molecule has 0 bridgehead atoms. The number of aryl methyl sites for hydroxylation is 1. The molecule has 0 fully saturated rings. The predicted octanol–water partition coefficient (Wildman–Crippen LogP) is 3.37. The van der Waals surface area contributed by atoms with Gasteiger partial charge in [0.05, 0.1) is 17.1 Å². The van der Waals surface area contributed by atoms with Crippen molar-refractivity contribution in [3.63, 3.8) is 0 Å². The molecule has 0 amide bonds. The number of imidazole rings is 1. The number of fused-ring (bicyclic) bond motifs is 1. The lowest BCUT2D eigenvalue weighted by molar-refractivity contribution is 0.915. The average Bonchev–Trinajstić information content (AvgIpc) is 2.64. The second kappa shape index (κ2) is 4.58. The second-order valence-corrected chi connectivity index (χ2v) is 4.51. The SMILES string of the molecule is Cn1c(C2=CC=CC(C#N)=CC2)nc2ccccc21. The van der Waals surface area contributed by atoms with Crippen LogP contribution >= 0.6 is 0 Å². The van der Waals surface area contributed by atoms with Gasteiger partial charge in [-0.1, -0.05) is 30.4 Å². The normalized spacial score (nSPS) is 14.7. The van der Waals surface area contributed by atoms with Crippen molar-refractivity contribution in [2.24, 2.45) is 7.05 Å². The average molecular weight is 247 g/mol. The van der Waals surface area contributed by atoms with E-state index in [1.807, 2.05) is 49.6 Å². The molecule has 2 aromatic rings. The highest BCUT2D eigenvalue weighted by Gasteiger charge is 2.11. The zero-order chi connectivity index (χ0) is 13.2. The van der Waals surface area contributed by atoms with Crippen LogP contribution in [0.15, 0.2) is 54.1 Å². The van der Waals surface area contributed by atoms with Crippen LogP contribution in [-0.4, -0.2) is 9.55 Å². The van der Waals surface area contributed by atoms with E-state index in [0.29, 0.717) is 5.57 Å². The Hall–Kier alpha value is -2.60. The molecule has 3 rings (SSSR count). The minimum Gasteiger partial charge on any atom is -0.327 e. The van der Waals surface area contributed by atoms with E-state index in [0.717, 1.165) is 28.9 Å². The minimum atomic E-state index is 0.699. The minimum absolute atomic E-state index is 0.699. The number of para-hydroxylation sites is 2. The van der Waals surface area contributed by atoms with E-state index in [-0.39, 0.29) is 0 Å². The molecule has 0 radical (unpaired) electrons. The molecule has 92 valence electrons. The van der Waals surface area contributed by atoms with Crippen molar-refractivity contribution in [1.82, 2.24) is 9.55 Å². The standard InChI is InChI=1S/C16H13N3/c1-19-15-8-3-2-7-14(15)18-16(19)13-6-4-5-12(11-17)9-10-13/h2-9H,10H2,1H3. The molecule has 1 aliphatic rings. The molecule has 0 atom stereocenters. The van der Waals surface area contributed by atoms with Gasteiger partial charge in [-0.15, -0.1) is 0 Å². The maximum absolute atomic E-state index is 8.93. The Balaban J connectivity index is 2.09. The Morgan fingerprint density at radius 3 is 2.95 bits per heavy atom. The van der Waals surface area contributed by atoms with Gasteiger partial charge in [0, 0.05) is 12.6 Å². The van der Waals surface area contributed by atoms with Gasteiger partial charge in [0.2, 0.25) is 0 Å². The summed E-state index contributed by atoms with van der Waals surface area (Å²) < 4.78 is 2.10. The number of hydrogen-bond acceptors (Lipinski definition) is 2. The van der Waals surface area contributed by atoms with E-state index in [4.69, 9.17) is 5.26 Å². The van der Waals surface area contributed by atoms with Crippen LogP contribution in [0.1, 0.15) is 12.2 Å². The molecule has 0 saturated heterocycles. The van der Waals surface area contributed by atoms with Crippen LogP contribution in [0, 0.1) is 11.3 Å². The van der Waals surface area contributed by atoms with Gasteiger partial charge in [-0.25, -0.2) is 4.98 Å². The van der Waals surface area contributed by atoms with Gasteiger partial charge in [-0.2, -0.15) is 5.26 Å². The molecule has 0 N–H and O–H groups in total. The first-order valence-corrected chi connectivity index (χ1v) is 6.19. The van der Waals surface area contributed by atoms with Gasteiger partial charge in [0.1, 0.15) is 5.82 Å². The van der Waals surface area contributed by atoms with E-state index in [2.05, 4.69) is 21.7 Å². The first kappa shape index (κ1) is 11.5. The molecule has 0 aliphatic heterocycles. The van der Waals surface area contributed by atoms with Crippen molar-refractivity contribution in [2.45, 2.75) is 6.42 Å². The number of hydrogen-bond donors (Lipinski definition) is 0. The summed E-state index contributed by atoms with van der Waals surface area (Å²) in [6.07, 6.45) is 8.44. The fourth-order valence-electron chi connectivity index (χ4n) is 2.31. The van der Waals surface area contributed by atoms with Gasteiger partial charge >= 0.3 is 0 Å². The molecule has 0 unspecified atom stereocenters. The van der Waals surface area contributed by atoms with Gasteiger partial charge in [-0.05, 0) is 30.2 Å². The second-order valence-electron chi connectivity index (χ2n) is 4.51. The summed E-state index contributed by atoms with van der Waals surface area (Å²) >= 11 is 0. The Morgan fingerprint density at radius 1 is 1.32 bits per heavy atom. The van der Waals surface area contributed by atoms with E-state index < -0.39 is 0 Å². The Kier molecular flexibility index (Phi) is 2.77. The maximum atomic E-state index is 8.93. The van der Waals surface area contributed by atoms with E-state index >= 15 is 0 Å². The zero-order valence-electron chi connectivity index (χ0n) is 10.7. The summed E-state index contributed by atoms with van der Waals surface area (Å²) in [5, 5.41) is 8.93. The smallest absolute Gasteiger partial charge is 0.137 e. The highest BCUT2D eigenvalue weighted by Crippen LogP contribution is 2.24. The molecule has 1 aromatic carbocycles. The lowest BCUT2D eigenvalue weighted by atomic mass is 10.1. The molecule has 3 nitrogen and oxygen atoms in total. The first-order chi connectivity index (χ1) is 9.29. The fourth-order valence-corrected chi connectivity index (χ4v) is 2.31. The van der Waals surface area contributed by atoms with Crippen molar-refractivity contribution < 1.29 is 0 Å². The quantitative estimate of drug-likeness (QED) is 0.775. The van der Waals surface area contributed by atoms with Crippen LogP contribution in [0.25, 0.3) is 16.6 Å². The van der Waals surface area contributed by atoms with Crippen molar-refractivity contribution in [1.29, 1.82) is 5.26 Å². The van der Waals surface area contributed by atoms with Crippen molar-refractivity contribution >= 4 is 16.6 Å². The maximum Gasteiger partial charge on any atom is 0.137 e. The van der Waals surface area contributed by atoms with Crippen LogP contribution in [0.3, 0.4) is 0 Å². The molecule has 19 heavy (non-hydrogen) atoms. The Bertz CT molecular complexity index is 767. The summed E-state index contributed by atoms with van der Waals surface area (Å²) in [5.41, 5.74) is 3.94. The monoisotopic (exact) mass is 247 g/mol.